The van der Waals surface area contributed by atoms with E-state index in [-0.39, 0.29) is 5.69 Å². The SMILES string of the molecule is COc1ccc(C=NNc2cc(C)c3cc([N+](=O)[O-])ccc3n2)cc1. The number of rotatable bonds is 5. The Morgan fingerprint density at radius 2 is 1.96 bits per heavy atom. The predicted octanol–water partition coefficient (Wildman–Crippen LogP) is 3.91. The third kappa shape index (κ3) is 3.72. The lowest BCUT2D eigenvalue weighted by atomic mass is 10.1. The predicted molar refractivity (Wildman–Crippen MR) is 97.3 cm³/mol. The summed E-state index contributed by atoms with van der Waals surface area (Å²) in [5, 5.41) is 15.8. The van der Waals surface area contributed by atoms with E-state index in [0.717, 1.165) is 22.3 Å². The van der Waals surface area contributed by atoms with Gasteiger partial charge in [0.1, 0.15) is 11.6 Å². The molecule has 2 aromatic carbocycles. The molecule has 0 aliphatic heterocycles. The standard InChI is InChI=1S/C18H16N4O3/c1-12-9-18(20-17-8-5-14(22(23)24)10-16(12)17)21-19-11-13-3-6-15(25-2)7-4-13/h3-11H,1-2H3,(H,20,21). The molecule has 3 aromatic rings. The molecule has 0 spiro atoms. The van der Waals surface area contributed by atoms with Crippen LogP contribution in [0.25, 0.3) is 10.9 Å². The van der Waals surface area contributed by atoms with Crippen LogP contribution < -0.4 is 10.2 Å². The van der Waals surface area contributed by atoms with E-state index in [2.05, 4.69) is 15.5 Å². The van der Waals surface area contributed by atoms with Gasteiger partial charge in [0.25, 0.3) is 5.69 Å². The topological polar surface area (TPSA) is 89.6 Å². The Morgan fingerprint density at radius 3 is 2.64 bits per heavy atom. The number of aromatic nitrogens is 1. The minimum Gasteiger partial charge on any atom is -0.497 e. The second-order valence-corrected chi connectivity index (χ2v) is 5.43. The van der Waals surface area contributed by atoms with Crippen molar-refractivity contribution in [2.24, 2.45) is 5.10 Å². The lowest BCUT2D eigenvalue weighted by Gasteiger charge is -2.06. The summed E-state index contributed by atoms with van der Waals surface area (Å²) >= 11 is 0. The number of fused-ring (bicyclic) bond motifs is 1. The molecule has 3 rings (SSSR count). The molecule has 0 aliphatic rings. The second-order valence-electron chi connectivity index (χ2n) is 5.43. The highest BCUT2D eigenvalue weighted by molar-refractivity contribution is 5.86. The maximum atomic E-state index is 10.9. The van der Waals surface area contributed by atoms with E-state index in [0.29, 0.717) is 11.3 Å². The largest absolute Gasteiger partial charge is 0.497 e. The molecule has 0 bridgehead atoms. The number of aryl methyl sites for hydroxylation is 1. The monoisotopic (exact) mass is 336 g/mol. The summed E-state index contributed by atoms with van der Waals surface area (Å²) in [4.78, 5) is 14.9. The van der Waals surface area contributed by atoms with Crippen LogP contribution in [0.4, 0.5) is 11.5 Å². The van der Waals surface area contributed by atoms with Crippen molar-refractivity contribution < 1.29 is 9.66 Å². The Balaban J connectivity index is 1.80. The molecule has 7 heteroatoms. The number of non-ortho nitro benzene ring substituents is 1. The van der Waals surface area contributed by atoms with Crippen LogP contribution in [-0.2, 0) is 0 Å². The smallest absolute Gasteiger partial charge is 0.270 e. The summed E-state index contributed by atoms with van der Waals surface area (Å²) in [6.07, 6.45) is 1.68. The van der Waals surface area contributed by atoms with Crippen LogP contribution >= 0.6 is 0 Å². The highest BCUT2D eigenvalue weighted by Crippen LogP contribution is 2.24. The number of ether oxygens (including phenoxy) is 1. The number of methoxy groups -OCH3 is 1. The number of nitrogens with zero attached hydrogens (tertiary/aromatic N) is 3. The van der Waals surface area contributed by atoms with Gasteiger partial charge in [-0.2, -0.15) is 5.10 Å². The molecule has 0 unspecified atom stereocenters. The summed E-state index contributed by atoms with van der Waals surface area (Å²) in [6.45, 7) is 1.88. The van der Waals surface area contributed by atoms with E-state index >= 15 is 0 Å². The van der Waals surface area contributed by atoms with E-state index in [1.54, 1.807) is 25.5 Å². The fourth-order valence-corrected chi connectivity index (χ4v) is 2.42. The molecule has 7 nitrogen and oxygen atoms in total. The Kier molecular flexibility index (Phi) is 4.56. The van der Waals surface area contributed by atoms with Gasteiger partial charge in [-0.05, 0) is 54.4 Å². The molecule has 0 aliphatic carbocycles. The average molecular weight is 336 g/mol. The lowest BCUT2D eigenvalue weighted by molar-refractivity contribution is -0.384. The van der Waals surface area contributed by atoms with Crippen molar-refractivity contribution in [2.75, 3.05) is 12.5 Å². The minimum atomic E-state index is -0.413. The Hall–Kier alpha value is -3.48. The zero-order chi connectivity index (χ0) is 17.8. The number of benzene rings is 2. The third-order valence-electron chi connectivity index (χ3n) is 3.72. The normalized spacial score (nSPS) is 11.0. The van der Waals surface area contributed by atoms with Crippen LogP contribution in [0.5, 0.6) is 5.75 Å². The number of nitro groups is 1. The van der Waals surface area contributed by atoms with Crippen molar-refractivity contribution in [1.82, 2.24) is 4.98 Å². The molecule has 1 N–H and O–H groups in total. The summed E-state index contributed by atoms with van der Waals surface area (Å²) in [7, 11) is 1.62. The van der Waals surface area contributed by atoms with Crippen LogP contribution in [-0.4, -0.2) is 23.2 Å². The number of nitro benzene ring substituents is 1. The molecule has 0 amide bonds. The fourth-order valence-electron chi connectivity index (χ4n) is 2.42. The first kappa shape index (κ1) is 16.4. The van der Waals surface area contributed by atoms with Crippen LogP contribution in [0, 0.1) is 17.0 Å². The van der Waals surface area contributed by atoms with Gasteiger partial charge in [-0.15, -0.1) is 0 Å². The summed E-state index contributed by atoms with van der Waals surface area (Å²) < 4.78 is 5.11. The van der Waals surface area contributed by atoms with Gasteiger partial charge < -0.3 is 4.74 Å². The van der Waals surface area contributed by atoms with Gasteiger partial charge in [-0.25, -0.2) is 4.98 Å². The molecule has 1 aromatic heterocycles. The minimum absolute atomic E-state index is 0.0515. The Morgan fingerprint density at radius 1 is 1.20 bits per heavy atom. The Bertz CT molecular complexity index is 952. The van der Waals surface area contributed by atoms with Gasteiger partial charge in [0.05, 0.1) is 23.8 Å². The Labute approximate surface area is 144 Å². The summed E-state index contributed by atoms with van der Waals surface area (Å²) in [5.74, 6) is 1.36. The third-order valence-corrected chi connectivity index (χ3v) is 3.72. The molecule has 0 saturated carbocycles. The number of hydrazone groups is 1. The van der Waals surface area contributed by atoms with E-state index in [4.69, 9.17) is 4.74 Å². The maximum Gasteiger partial charge on any atom is 0.270 e. The first-order chi connectivity index (χ1) is 12.1. The molecule has 126 valence electrons. The maximum absolute atomic E-state index is 10.9. The molecular formula is C18H16N4O3. The van der Waals surface area contributed by atoms with Gasteiger partial charge in [-0.1, -0.05) is 0 Å². The van der Waals surface area contributed by atoms with Gasteiger partial charge in [-0.3, -0.25) is 15.5 Å². The van der Waals surface area contributed by atoms with Crippen LogP contribution in [0.1, 0.15) is 11.1 Å². The van der Waals surface area contributed by atoms with Crippen LogP contribution in [0.15, 0.2) is 53.6 Å². The number of hydrogen-bond donors (Lipinski definition) is 1. The molecule has 0 atom stereocenters. The number of nitrogens with one attached hydrogen (secondary N) is 1. The molecular weight excluding hydrogens is 320 g/mol. The fraction of sp³-hybridized carbons (Fsp3) is 0.111. The van der Waals surface area contributed by atoms with Crippen molar-refractivity contribution in [2.45, 2.75) is 6.92 Å². The van der Waals surface area contributed by atoms with E-state index in [1.807, 2.05) is 31.2 Å². The highest BCUT2D eigenvalue weighted by Gasteiger charge is 2.09. The van der Waals surface area contributed by atoms with Gasteiger partial charge in [0.15, 0.2) is 0 Å². The van der Waals surface area contributed by atoms with Crippen molar-refractivity contribution in [3.8, 4) is 5.75 Å². The van der Waals surface area contributed by atoms with Crippen molar-refractivity contribution in [3.05, 3.63) is 69.8 Å². The summed E-state index contributed by atoms with van der Waals surface area (Å²) in [6, 6.07) is 13.9. The summed E-state index contributed by atoms with van der Waals surface area (Å²) in [5.41, 5.74) is 5.41. The number of hydrogen-bond acceptors (Lipinski definition) is 6. The van der Waals surface area contributed by atoms with Crippen molar-refractivity contribution in [1.29, 1.82) is 0 Å². The van der Waals surface area contributed by atoms with Crippen LogP contribution in [0.2, 0.25) is 0 Å². The number of anilines is 1. The number of pyridine rings is 1. The molecule has 25 heavy (non-hydrogen) atoms. The van der Waals surface area contributed by atoms with Crippen molar-refractivity contribution in [3.63, 3.8) is 0 Å². The molecule has 1 heterocycles. The van der Waals surface area contributed by atoms with Gasteiger partial charge in [0, 0.05) is 17.5 Å². The molecule has 0 radical (unpaired) electrons. The van der Waals surface area contributed by atoms with E-state index in [9.17, 15) is 10.1 Å². The zero-order valence-electron chi connectivity index (χ0n) is 13.8. The lowest BCUT2D eigenvalue weighted by Crippen LogP contribution is -1.96. The zero-order valence-corrected chi connectivity index (χ0v) is 13.8. The quantitative estimate of drug-likeness (QED) is 0.433. The van der Waals surface area contributed by atoms with E-state index in [1.165, 1.54) is 12.1 Å². The van der Waals surface area contributed by atoms with E-state index < -0.39 is 4.92 Å². The first-order valence-electron chi connectivity index (χ1n) is 7.56. The van der Waals surface area contributed by atoms with Gasteiger partial charge >= 0.3 is 0 Å². The average Bonchev–Trinajstić information content (AvgIpc) is 2.62. The molecule has 0 fully saturated rings. The van der Waals surface area contributed by atoms with Gasteiger partial charge in [0.2, 0.25) is 0 Å². The molecule has 0 saturated heterocycles. The van der Waals surface area contributed by atoms with Crippen LogP contribution in [0.3, 0.4) is 0 Å². The first-order valence-corrected chi connectivity index (χ1v) is 7.56. The van der Waals surface area contributed by atoms with Crippen molar-refractivity contribution >= 4 is 28.6 Å². The highest BCUT2D eigenvalue weighted by atomic mass is 16.6. The second kappa shape index (κ2) is 6.96.